The Morgan fingerprint density at radius 1 is 0.759 bits per heavy atom. The third kappa shape index (κ3) is 8.21. The first kappa shape index (κ1) is 21.5. The molecule has 0 atom stereocenters. The van der Waals surface area contributed by atoms with Gasteiger partial charge in [-0.1, -0.05) is 0 Å². The fourth-order valence-electron chi connectivity index (χ4n) is 2.23. The average molecular weight is 401 g/mol. The molecule has 0 aliphatic heterocycles. The highest BCUT2D eigenvalue weighted by atomic mass is 19.1. The van der Waals surface area contributed by atoms with Crippen molar-refractivity contribution in [2.24, 2.45) is 0 Å². The van der Waals surface area contributed by atoms with Crippen LogP contribution < -0.4 is 16.0 Å². The zero-order valence-electron chi connectivity index (χ0n) is 15.7. The number of nitrogens with one attached hydrogen (secondary N) is 3. The lowest BCUT2D eigenvalue weighted by Crippen LogP contribution is -2.21. The van der Waals surface area contributed by atoms with E-state index in [1.54, 1.807) is 24.3 Å². The van der Waals surface area contributed by atoms with Gasteiger partial charge >= 0.3 is 5.97 Å². The summed E-state index contributed by atoms with van der Waals surface area (Å²) in [5, 5.41) is 7.66. The number of ether oxygens (including phenoxy) is 1. The Morgan fingerprint density at radius 3 is 1.79 bits per heavy atom. The molecule has 0 bridgehead atoms. The smallest absolute Gasteiger partial charge is 0.306 e. The second kappa shape index (κ2) is 10.5. The Hall–Kier alpha value is -3.75. The van der Waals surface area contributed by atoms with E-state index in [4.69, 9.17) is 4.74 Å². The van der Waals surface area contributed by atoms with Crippen LogP contribution in [0.1, 0.15) is 19.8 Å². The molecule has 0 heterocycles. The topological polar surface area (TPSA) is 114 Å². The van der Waals surface area contributed by atoms with Gasteiger partial charge in [0.15, 0.2) is 6.61 Å². The van der Waals surface area contributed by atoms with Gasteiger partial charge in [-0.25, -0.2) is 4.39 Å². The molecule has 0 fully saturated rings. The third-order valence-corrected chi connectivity index (χ3v) is 3.54. The van der Waals surface area contributed by atoms with Crippen molar-refractivity contribution in [2.45, 2.75) is 19.8 Å². The number of anilines is 3. The van der Waals surface area contributed by atoms with Crippen LogP contribution in [-0.4, -0.2) is 30.3 Å². The van der Waals surface area contributed by atoms with Gasteiger partial charge in [0.2, 0.25) is 11.8 Å². The van der Waals surface area contributed by atoms with Crippen molar-refractivity contribution in [2.75, 3.05) is 22.6 Å². The SMILES string of the molecule is CC(=O)Nc1ccc(NC(=O)COC(=O)CCC(=O)Nc2ccc(F)cc2)cc1. The van der Waals surface area contributed by atoms with E-state index in [9.17, 15) is 23.6 Å². The zero-order chi connectivity index (χ0) is 21.2. The summed E-state index contributed by atoms with van der Waals surface area (Å²) in [5.74, 6) is -2.30. The quantitative estimate of drug-likeness (QED) is 0.589. The zero-order valence-corrected chi connectivity index (χ0v) is 15.7. The van der Waals surface area contributed by atoms with Gasteiger partial charge in [-0.3, -0.25) is 19.2 Å². The van der Waals surface area contributed by atoms with Crippen molar-refractivity contribution in [3.63, 3.8) is 0 Å². The summed E-state index contributed by atoms with van der Waals surface area (Å²) in [6.45, 7) is 0.891. The Kier molecular flexibility index (Phi) is 7.84. The molecule has 2 aromatic carbocycles. The van der Waals surface area contributed by atoms with Crippen molar-refractivity contribution in [3.8, 4) is 0 Å². The maximum atomic E-state index is 12.8. The molecule has 9 heteroatoms. The fraction of sp³-hybridized carbons (Fsp3) is 0.200. The van der Waals surface area contributed by atoms with Gasteiger partial charge in [-0.15, -0.1) is 0 Å². The van der Waals surface area contributed by atoms with Crippen LogP contribution in [0.15, 0.2) is 48.5 Å². The molecule has 0 aromatic heterocycles. The van der Waals surface area contributed by atoms with Gasteiger partial charge in [0.05, 0.1) is 6.42 Å². The standard InChI is InChI=1S/C20H20FN3O5/c1-13(25)22-15-6-8-17(9-7-15)24-19(27)12-29-20(28)11-10-18(26)23-16-4-2-14(21)3-5-16/h2-9H,10-12H2,1H3,(H,22,25)(H,23,26)(H,24,27). The molecule has 0 aliphatic rings. The Balaban J connectivity index is 1.67. The van der Waals surface area contributed by atoms with Gasteiger partial charge in [0.25, 0.3) is 5.91 Å². The van der Waals surface area contributed by atoms with Crippen LogP contribution in [0.4, 0.5) is 21.5 Å². The molecule has 2 aromatic rings. The van der Waals surface area contributed by atoms with Gasteiger partial charge < -0.3 is 20.7 Å². The first-order chi connectivity index (χ1) is 13.8. The van der Waals surface area contributed by atoms with Crippen molar-refractivity contribution >= 4 is 40.8 Å². The minimum Gasteiger partial charge on any atom is -0.456 e. The normalized spacial score (nSPS) is 10.0. The molecule has 3 amide bonds. The van der Waals surface area contributed by atoms with Crippen molar-refractivity contribution in [1.29, 1.82) is 0 Å². The number of halogens is 1. The highest BCUT2D eigenvalue weighted by Gasteiger charge is 2.11. The number of esters is 1. The monoisotopic (exact) mass is 401 g/mol. The molecule has 8 nitrogen and oxygen atoms in total. The molecular formula is C20H20FN3O5. The number of amides is 3. The summed E-state index contributed by atoms with van der Waals surface area (Å²) in [4.78, 5) is 46.2. The van der Waals surface area contributed by atoms with Crippen molar-refractivity contribution in [1.82, 2.24) is 0 Å². The van der Waals surface area contributed by atoms with E-state index in [0.29, 0.717) is 17.1 Å². The summed E-state index contributed by atoms with van der Waals surface area (Å²) in [6.07, 6.45) is -0.339. The van der Waals surface area contributed by atoms with Crippen LogP contribution in [0.5, 0.6) is 0 Å². The summed E-state index contributed by atoms with van der Waals surface area (Å²) >= 11 is 0. The number of benzene rings is 2. The molecular weight excluding hydrogens is 381 g/mol. The number of hydrogen-bond acceptors (Lipinski definition) is 5. The lowest BCUT2D eigenvalue weighted by molar-refractivity contribution is -0.147. The van der Waals surface area contributed by atoms with Crippen molar-refractivity contribution < 1.29 is 28.3 Å². The molecule has 0 saturated carbocycles. The molecule has 29 heavy (non-hydrogen) atoms. The Bertz CT molecular complexity index is 882. The maximum Gasteiger partial charge on any atom is 0.306 e. The lowest BCUT2D eigenvalue weighted by atomic mass is 10.2. The van der Waals surface area contributed by atoms with E-state index >= 15 is 0 Å². The molecule has 0 aliphatic carbocycles. The first-order valence-electron chi connectivity index (χ1n) is 8.70. The Morgan fingerprint density at radius 2 is 1.24 bits per heavy atom. The third-order valence-electron chi connectivity index (χ3n) is 3.54. The molecule has 0 unspecified atom stereocenters. The predicted molar refractivity (Wildman–Crippen MR) is 105 cm³/mol. The molecule has 3 N–H and O–H groups in total. The summed E-state index contributed by atoms with van der Waals surface area (Å²) in [6, 6.07) is 11.6. The van der Waals surface area contributed by atoms with Gasteiger partial charge in [-0.05, 0) is 48.5 Å². The summed E-state index contributed by atoms with van der Waals surface area (Å²) in [5.41, 5.74) is 1.47. The van der Waals surface area contributed by atoms with Crippen LogP contribution in [0, 0.1) is 5.82 Å². The highest BCUT2D eigenvalue weighted by molar-refractivity contribution is 5.95. The number of rotatable bonds is 8. The molecule has 2 rings (SSSR count). The number of carbonyl (C=O) groups excluding carboxylic acids is 4. The van der Waals surface area contributed by atoms with Gasteiger partial charge in [-0.2, -0.15) is 0 Å². The lowest BCUT2D eigenvalue weighted by Gasteiger charge is -2.08. The van der Waals surface area contributed by atoms with Crippen LogP contribution in [-0.2, 0) is 23.9 Å². The number of carbonyl (C=O) groups is 4. The van der Waals surface area contributed by atoms with E-state index < -0.39 is 30.2 Å². The van der Waals surface area contributed by atoms with Crippen LogP contribution in [0.2, 0.25) is 0 Å². The molecule has 0 saturated heterocycles. The maximum absolute atomic E-state index is 12.8. The van der Waals surface area contributed by atoms with Crippen molar-refractivity contribution in [3.05, 3.63) is 54.3 Å². The van der Waals surface area contributed by atoms with E-state index in [-0.39, 0.29) is 18.7 Å². The minimum absolute atomic E-state index is 0.136. The predicted octanol–water partition coefficient (Wildman–Crippen LogP) is 2.68. The average Bonchev–Trinajstić information content (AvgIpc) is 2.68. The van der Waals surface area contributed by atoms with E-state index in [0.717, 1.165) is 0 Å². The number of hydrogen-bond donors (Lipinski definition) is 3. The Labute approximate surface area is 166 Å². The van der Waals surface area contributed by atoms with E-state index in [1.165, 1.54) is 31.2 Å². The second-order valence-electron chi connectivity index (χ2n) is 6.02. The molecule has 0 radical (unpaired) electrons. The van der Waals surface area contributed by atoms with Crippen LogP contribution in [0.3, 0.4) is 0 Å². The molecule has 0 spiro atoms. The van der Waals surface area contributed by atoms with Gasteiger partial charge in [0, 0.05) is 30.4 Å². The van der Waals surface area contributed by atoms with Crippen LogP contribution >= 0.6 is 0 Å². The van der Waals surface area contributed by atoms with Crippen LogP contribution in [0.25, 0.3) is 0 Å². The van der Waals surface area contributed by atoms with E-state index in [1.807, 2.05) is 0 Å². The summed E-state index contributed by atoms with van der Waals surface area (Å²) in [7, 11) is 0. The first-order valence-corrected chi connectivity index (χ1v) is 8.70. The second-order valence-corrected chi connectivity index (χ2v) is 6.02. The summed E-state index contributed by atoms with van der Waals surface area (Å²) < 4.78 is 17.6. The van der Waals surface area contributed by atoms with E-state index in [2.05, 4.69) is 16.0 Å². The largest absolute Gasteiger partial charge is 0.456 e. The minimum atomic E-state index is -0.699. The van der Waals surface area contributed by atoms with Gasteiger partial charge in [0.1, 0.15) is 5.82 Å². The fourth-order valence-corrected chi connectivity index (χ4v) is 2.23. The highest BCUT2D eigenvalue weighted by Crippen LogP contribution is 2.13. The molecule has 152 valence electrons.